The number of hydrogen-bond donors (Lipinski definition) is 2. The fourth-order valence-electron chi connectivity index (χ4n) is 2.62. The molecule has 2 amide bonds. The Morgan fingerprint density at radius 1 is 1.11 bits per heavy atom. The minimum atomic E-state index is -0.391. The van der Waals surface area contributed by atoms with Crippen molar-refractivity contribution in [2.24, 2.45) is 0 Å². The van der Waals surface area contributed by atoms with E-state index in [1.807, 2.05) is 19.1 Å². The van der Waals surface area contributed by atoms with Crippen LogP contribution in [-0.4, -0.2) is 26.6 Å². The predicted molar refractivity (Wildman–Crippen MR) is 102 cm³/mol. The zero-order valence-electron chi connectivity index (χ0n) is 15.3. The van der Waals surface area contributed by atoms with Gasteiger partial charge in [0.2, 0.25) is 5.91 Å². The quantitative estimate of drug-likeness (QED) is 0.659. The first-order valence-electron chi connectivity index (χ1n) is 8.80. The number of nitrogens with zero attached hydrogens (tertiary/aromatic N) is 3. The lowest BCUT2D eigenvalue weighted by Crippen LogP contribution is -2.27. The van der Waals surface area contributed by atoms with Crippen LogP contribution < -0.4 is 10.6 Å². The van der Waals surface area contributed by atoms with Gasteiger partial charge in [-0.2, -0.15) is 5.10 Å². The molecule has 0 saturated carbocycles. The van der Waals surface area contributed by atoms with Crippen LogP contribution in [0.5, 0.6) is 0 Å². The van der Waals surface area contributed by atoms with E-state index >= 15 is 0 Å². The highest BCUT2D eigenvalue weighted by molar-refractivity contribution is 6.04. The van der Waals surface area contributed by atoms with Crippen molar-refractivity contribution in [1.29, 1.82) is 0 Å². The molecule has 7 nitrogen and oxygen atoms in total. The third-order valence-corrected chi connectivity index (χ3v) is 4.19. The highest BCUT2D eigenvalue weighted by Crippen LogP contribution is 2.17. The average molecular weight is 381 g/mol. The number of anilines is 1. The van der Waals surface area contributed by atoms with E-state index in [2.05, 4.69) is 20.7 Å². The Morgan fingerprint density at radius 3 is 2.46 bits per heavy atom. The highest BCUT2D eigenvalue weighted by atomic mass is 19.1. The van der Waals surface area contributed by atoms with Crippen LogP contribution in [0.1, 0.15) is 35.3 Å². The van der Waals surface area contributed by atoms with Gasteiger partial charge in [0.1, 0.15) is 18.5 Å². The third kappa shape index (κ3) is 5.23. The molecule has 0 bridgehead atoms. The van der Waals surface area contributed by atoms with Crippen molar-refractivity contribution in [3.63, 3.8) is 0 Å². The number of carbonyl (C=O) groups is 2. The van der Waals surface area contributed by atoms with Crippen LogP contribution in [0.15, 0.2) is 61.2 Å². The number of nitrogens with one attached hydrogen (secondary N) is 2. The Morgan fingerprint density at radius 2 is 1.82 bits per heavy atom. The number of halogens is 1. The van der Waals surface area contributed by atoms with Gasteiger partial charge >= 0.3 is 0 Å². The maximum Gasteiger partial charge on any atom is 0.255 e. The molecule has 0 fully saturated rings. The Kier molecular flexibility index (Phi) is 6.11. The van der Waals surface area contributed by atoms with Gasteiger partial charge in [0.05, 0.1) is 12.6 Å². The molecule has 0 aliphatic carbocycles. The van der Waals surface area contributed by atoms with Crippen LogP contribution in [0.2, 0.25) is 0 Å². The molecule has 0 spiro atoms. The van der Waals surface area contributed by atoms with E-state index in [0.717, 1.165) is 5.56 Å². The maximum atomic E-state index is 12.9. The predicted octanol–water partition coefficient (Wildman–Crippen LogP) is 2.94. The molecule has 0 radical (unpaired) electrons. The number of rotatable bonds is 7. The fourth-order valence-corrected chi connectivity index (χ4v) is 2.62. The molecule has 8 heteroatoms. The second-order valence-corrected chi connectivity index (χ2v) is 6.28. The van der Waals surface area contributed by atoms with Gasteiger partial charge in [0.25, 0.3) is 5.91 Å². The van der Waals surface area contributed by atoms with Crippen molar-refractivity contribution in [2.45, 2.75) is 25.9 Å². The number of carbonyl (C=O) groups excluding carboxylic acids is 2. The lowest BCUT2D eigenvalue weighted by Gasteiger charge is -2.15. The van der Waals surface area contributed by atoms with Gasteiger partial charge in [0, 0.05) is 17.7 Å². The minimum absolute atomic E-state index is 0.0864. The SMILES string of the molecule is CC(NC(=O)CCn1cncn1)c1ccc(NC(=O)c2ccc(F)cc2)cc1. The summed E-state index contributed by atoms with van der Waals surface area (Å²) in [6.45, 7) is 2.35. The summed E-state index contributed by atoms with van der Waals surface area (Å²) in [6.07, 6.45) is 3.30. The van der Waals surface area contributed by atoms with E-state index in [-0.39, 0.29) is 17.9 Å². The van der Waals surface area contributed by atoms with Gasteiger partial charge in [-0.15, -0.1) is 0 Å². The van der Waals surface area contributed by atoms with Gasteiger partial charge < -0.3 is 10.6 Å². The highest BCUT2D eigenvalue weighted by Gasteiger charge is 2.11. The Labute approximate surface area is 161 Å². The summed E-state index contributed by atoms with van der Waals surface area (Å²) in [4.78, 5) is 28.0. The van der Waals surface area contributed by atoms with E-state index < -0.39 is 5.82 Å². The summed E-state index contributed by atoms with van der Waals surface area (Å²) in [5, 5.41) is 9.64. The van der Waals surface area contributed by atoms with Crippen molar-refractivity contribution in [2.75, 3.05) is 5.32 Å². The molecular formula is C20H20FN5O2. The van der Waals surface area contributed by atoms with E-state index in [0.29, 0.717) is 24.2 Å². The van der Waals surface area contributed by atoms with Crippen LogP contribution in [0.3, 0.4) is 0 Å². The van der Waals surface area contributed by atoms with Gasteiger partial charge in [-0.1, -0.05) is 12.1 Å². The van der Waals surface area contributed by atoms with Crippen molar-refractivity contribution in [3.8, 4) is 0 Å². The summed E-state index contributed by atoms with van der Waals surface area (Å²) in [7, 11) is 0. The summed E-state index contributed by atoms with van der Waals surface area (Å²) < 4.78 is 14.5. The van der Waals surface area contributed by atoms with Gasteiger partial charge in [0.15, 0.2) is 0 Å². The molecule has 1 heterocycles. The smallest absolute Gasteiger partial charge is 0.255 e. The number of benzene rings is 2. The zero-order chi connectivity index (χ0) is 19.9. The van der Waals surface area contributed by atoms with E-state index in [9.17, 15) is 14.0 Å². The topological polar surface area (TPSA) is 88.9 Å². The Bertz CT molecular complexity index is 924. The first-order chi connectivity index (χ1) is 13.5. The molecule has 1 atom stereocenters. The second kappa shape index (κ2) is 8.90. The number of amides is 2. The van der Waals surface area contributed by atoms with Crippen molar-refractivity contribution < 1.29 is 14.0 Å². The molecule has 28 heavy (non-hydrogen) atoms. The van der Waals surface area contributed by atoms with E-state index in [1.165, 1.54) is 30.6 Å². The largest absolute Gasteiger partial charge is 0.350 e. The third-order valence-electron chi connectivity index (χ3n) is 4.19. The molecule has 2 aromatic carbocycles. The molecule has 3 rings (SSSR count). The number of hydrogen-bond acceptors (Lipinski definition) is 4. The zero-order valence-corrected chi connectivity index (χ0v) is 15.3. The maximum absolute atomic E-state index is 12.9. The number of aromatic nitrogens is 3. The molecule has 1 unspecified atom stereocenters. The van der Waals surface area contributed by atoms with Gasteiger partial charge in [-0.25, -0.2) is 9.37 Å². The molecule has 2 N–H and O–H groups in total. The first kappa shape index (κ1) is 19.2. The molecule has 1 aromatic heterocycles. The van der Waals surface area contributed by atoms with E-state index in [4.69, 9.17) is 0 Å². The molecule has 0 saturated heterocycles. The van der Waals surface area contributed by atoms with E-state index in [1.54, 1.807) is 23.1 Å². The molecule has 0 aliphatic rings. The minimum Gasteiger partial charge on any atom is -0.350 e. The summed E-state index contributed by atoms with van der Waals surface area (Å²) >= 11 is 0. The molecule has 144 valence electrons. The average Bonchev–Trinajstić information content (AvgIpc) is 3.21. The molecular weight excluding hydrogens is 361 g/mol. The normalized spacial score (nSPS) is 11.6. The Balaban J connectivity index is 1.52. The van der Waals surface area contributed by atoms with Crippen LogP contribution >= 0.6 is 0 Å². The van der Waals surface area contributed by atoms with Crippen molar-refractivity contribution in [1.82, 2.24) is 20.1 Å². The molecule has 0 aliphatic heterocycles. The van der Waals surface area contributed by atoms with Crippen molar-refractivity contribution >= 4 is 17.5 Å². The summed E-state index contributed by atoms with van der Waals surface area (Å²) in [5.41, 5.74) is 1.90. The first-order valence-corrected chi connectivity index (χ1v) is 8.80. The van der Waals surface area contributed by atoms with Gasteiger partial charge in [-0.3, -0.25) is 14.3 Å². The van der Waals surface area contributed by atoms with Crippen LogP contribution in [0.4, 0.5) is 10.1 Å². The van der Waals surface area contributed by atoms with Crippen LogP contribution in [0, 0.1) is 5.82 Å². The monoisotopic (exact) mass is 381 g/mol. The summed E-state index contributed by atoms with van der Waals surface area (Å²) in [6, 6.07) is 12.3. The van der Waals surface area contributed by atoms with Gasteiger partial charge in [-0.05, 0) is 48.9 Å². The summed E-state index contributed by atoms with van der Waals surface area (Å²) in [5.74, 6) is -0.794. The van der Waals surface area contributed by atoms with Crippen molar-refractivity contribution in [3.05, 3.63) is 78.1 Å². The second-order valence-electron chi connectivity index (χ2n) is 6.28. The fraction of sp³-hybridized carbons (Fsp3) is 0.200. The van der Waals surface area contributed by atoms with Crippen LogP contribution in [0.25, 0.3) is 0 Å². The Hall–Kier alpha value is -3.55. The molecule has 3 aromatic rings. The lowest BCUT2D eigenvalue weighted by molar-refractivity contribution is -0.122. The number of aryl methyl sites for hydroxylation is 1. The lowest BCUT2D eigenvalue weighted by atomic mass is 10.1. The standard InChI is InChI=1S/C20H20FN5O2/c1-14(24-19(27)10-11-26-13-22-12-23-26)15-4-8-18(9-5-15)25-20(28)16-2-6-17(21)7-3-16/h2-9,12-14H,10-11H2,1H3,(H,24,27)(H,25,28). The van der Waals surface area contributed by atoms with Crippen LogP contribution in [-0.2, 0) is 11.3 Å².